The Hall–Kier alpha value is -2.00. The van der Waals surface area contributed by atoms with Crippen LogP contribution >= 0.6 is 15.9 Å². The van der Waals surface area contributed by atoms with Crippen LogP contribution < -0.4 is 0 Å². The molecule has 1 aromatic rings. The SMILES string of the molecule is O=C(O)C1=C(Br)CS(=O)(=O)[C@@H]2/C(=C/c3ccccn3)C(=O)N12. The Morgan fingerprint density at radius 2 is 2.18 bits per heavy atom. The van der Waals surface area contributed by atoms with Gasteiger partial charge in [-0.25, -0.2) is 13.2 Å². The van der Waals surface area contributed by atoms with Crippen LogP contribution in [0.1, 0.15) is 5.69 Å². The van der Waals surface area contributed by atoms with Gasteiger partial charge in [-0.2, -0.15) is 0 Å². The minimum absolute atomic E-state index is 0.0254. The number of aromatic nitrogens is 1. The number of hydrogen-bond donors (Lipinski definition) is 1. The predicted molar refractivity (Wildman–Crippen MR) is 80.2 cm³/mol. The molecule has 9 heteroatoms. The van der Waals surface area contributed by atoms with Gasteiger partial charge in [0.05, 0.1) is 17.0 Å². The van der Waals surface area contributed by atoms with E-state index in [4.69, 9.17) is 0 Å². The number of nitrogens with zero attached hydrogens (tertiary/aromatic N) is 2. The number of pyridine rings is 1. The Morgan fingerprint density at radius 1 is 1.45 bits per heavy atom. The maximum Gasteiger partial charge on any atom is 0.353 e. The second kappa shape index (κ2) is 5.03. The van der Waals surface area contributed by atoms with Crippen LogP contribution in [0.4, 0.5) is 0 Å². The maximum atomic E-state index is 12.3. The van der Waals surface area contributed by atoms with E-state index >= 15 is 0 Å². The first-order chi connectivity index (χ1) is 10.3. The molecule has 1 N–H and O–H groups in total. The number of halogens is 1. The lowest BCUT2D eigenvalue weighted by atomic mass is 10.0. The van der Waals surface area contributed by atoms with Gasteiger partial charge in [-0.1, -0.05) is 22.0 Å². The first kappa shape index (κ1) is 14.9. The number of carboxylic acids is 1. The molecule has 0 unspecified atom stereocenters. The molecule has 2 aliphatic heterocycles. The molecule has 1 atom stereocenters. The number of aliphatic carboxylic acids is 1. The Balaban J connectivity index is 2.10. The summed E-state index contributed by atoms with van der Waals surface area (Å²) in [5, 5.41) is 7.92. The topological polar surface area (TPSA) is 105 Å². The van der Waals surface area contributed by atoms with Crippen LogP contribution in [0.2, 0.25) is 0 Å². The van der Waals surface area contributed by atoms with Crippen molar-refractivity contribution in [2.24, 2.45) is 0 Å². The number of hydrogen-bond acceptors (Lipinski definition) is 5. The van der Waals surface area contributed by atoms with Crippen molar-refractivity contribution >= 4 is 43.7 Å². The first-order valence-electron chi connectivity index (χ1n) is 6.12. The Bertz CT molecular complexity index is 844. The maximum absolute atomic E-state index is 12.3. The molecule has 3 rings (SSSR count). The Labute approximate surface area is 134 Å². The molecule has 22 heavy (non-hydrogen) atoms. The number of amides is 1. The lowest BCUT2D eigenvalue weighted by Crippen LogP contribution is -2.61. The van der Waals surface area contributed by atoms with E-state index in [1.54, 1.807) is 18.2 Å². The molecule has 1 amide bonds. The number of fused-ring (bicyclic) bond motifs is 1. The van der Waals surface area contributed by atoms with E-state index < -0.39 is 32.8 Å². The zero-order chi connectivity index (χ0) is 16.1. The molecule has 1 saturated heterocycles. The monoisotopic (exact) mass is 384 g/mol. The minimum atomic E-state index is -3.70. The van der Waals surface area contributed by atoms with Gasteiger partial charge in [-0.3, -0.25) is 14.7 Å². The Kier molecular flexibility index (Phi) is 3.41. The molecular weight excluding hydrogens is 376 g/mol. The highest BCUT2D eigenvalue weighted by molar-refractivity contribution is 9.11. The molecule has 2 aliphatic rings. The van der Waals surface area contributed by atoms with Gasteiger partial charge in [-0.05, 0) is 18.2 Å². The highest BCUT2D eigenvalue weighted by Gasteiger charge is 2.56. The number of β-lactam (4-membered cyclic amide) rings is 1. The fraction of sp³-hybridized carbons (Fsp3) is 0.154. The molecular formula is C13H9BrN2O5S. The lowest BCUT2D eigenvalue weighted by molar-refractivity contribution is -0.141. The number of sulfone groups is 1. The van der Waals surface area contributed by atoms with Crippen LogP contribution in [0.3, 0.4) is 0 Å². The van der Waals surface area contributed by atoms with Crippen molar-refractivity contribution in [3.8, 4) is 0 Å². The zero-order valence-corrected chi connectivity index (χ0v) is 13.3. The van der Waals surface area contributed by atoms with Gasteiger partial charge < -0.3 is 5.11 Å². The van der Waals surface area contributed by atoms with Gasteiger partial charge in [0.15, 0.2) is 15.2 Å². The van der Waals surface area contributed by atoms with Crippen molar-refractivity contribution in [1.82, 2.24) is 9.88 Å². The van der Waals surface area contributed by atoms with Crippen LogP contribution in [-0.2, 0) is 19.4 Å². The van der Waals surface area contributed by atoms with Gasteiger partial charge in [0.1, 0.15) is 5.70 Å². The number of carboxylic acid groups (broad SMARTS) is 1. The van der Waals surface area contributed by atoms with Crippen molar-refractivity contribution in [2.75, 3.05) is 5.75 Å². The van der Waals surface area contributed by atoms with Gasteiger partial charge in [0.25, 0.3) is 5.91 Å². The average Bonchev–Trinajstić information content (AvgIpc) is 2.44. The lowest BCUT2D eigenvalue weighted by Gasteiger charge is -2.44. The van der Waals surface area contributed by atoms with E-state index in [0.717, 1.165) is 4.90 Å². The van der Waals surface area contributed by atoms with Crippen LogP contribution in [0, 0.1) is 0 Å². The molecule has 0 saturated carbocycles. The van der Waals surface area contributed by atoms with Crippen molar-refractivity contribution in [1.29, 1.82) is 0 Å². The molecule has 3 heterocycles. The second-order valence-corrected chi connectivity index (χ2v) is 7.77. The fourth-order valence-corrected chi connectivity index (χ4v) is 5.47. The largest absolute Gasteiger partial charge is 0.477 e. The molecule has 0 bridgehead atoms. The molecule has 1 aromatic heterocycles. The van der Waals surface area contributed by atoms with E-state index in [-0.39, 0.29) is 15.8 Å². The van der Waals surface area contributed by atoms with Crippen LogP contribution in [0.15, 0.2) is 40.1 Å². The molecule has 114 valence electrons. The Morgan fingerprint density at radius 3 is 2.77 bits per heavy atom. The predicted octanol–water partition coefficient (Wildman–Crippen LogP) is 0.753. The summed E-state index contributed by atoms with van der Waals surface area (Å²) in [5.41, 5.74) is 0.131. The van der Waals surface area contributed by atoms with E-state index in [1.807, 2.05) is 0 Å². The third-order valence-electron chi connectivity index (χ3n) is 3.33. The summed E-state index contributed by atoms with van der Waals surface area (Å²) in [4.78, 5) is 28.3. The van der Waals surface area contributed by atoms with Gasteiger partial charge >= 0.3 is 5.97 Å². The number of carbonyl (C=O) groups excluding carboxylic acids is 1. The summed E-state index contributed by atoms with van der Waals surface area (Å²) in [5.74, 6) is -2.45. The number of rotatable bonds is 2. The quantitative estimate of drug-likeness (QED) is 0.595. The third kappa shape index (κ3) is 2.17. The van der Waals surface area contributed by atoms with E-state index in [2.05, 4.69) is 20.9 Å². The minimum Gasteiger partial charge on any atom is -0.477 e. The van der Waals surface area contributed by atoms with Crippen LogP contribution in [0.5, 0.6) is 0 Å². The summed E-state index contributed by atoms with van der Waals surface area (Å²) < 4.78 is 24.5. The molecule has 7 nitrogen and oxygen atoms in total. The highest BCUT2D eigenvalue weighted by Crippen LogP contribution is 2.41. The third-order valence-corrected chi connectivity index (χ3v) is 6.19. The van der Waals surface area contributed by atoms with Crippen molar-refractivity contribution in [3.05, 3.63) is 45.8 Å². The molecule has 1 fully saturated rings. The molecule has 0 aliphatic carbocycles. The van der Waals surface area contributed by atoms with Crippen molar-refractivity contribution in [3.63, 3.8) is 0 Å². The summed E-state index contributed by atoms with van der Waals surface area (Å²) in [6, 6.07) is 5.02. The number of carbonyl (C=O) groups is 2. The van der Waals surface area contributed by atoms with Crippen LogP contribution in [-0.4, -0.2) is 46.4 Å². The fourth-order valence-electron chi connectivity index (χ4n) is 2.42. The summed E-state index contributed by atoms with van der Waals surface area (Å²) in [7, 11) is -3.70. The van der Waals surface area contributed by atoms with Crippen molar-refractivity contribution < 1.29 is 23.1 Å². The summed E-state index contributed by atoms with van der Waals surface area (Å²) in [6.07, 6.45) is 2.89. The van der Waals surface area contributed by atoms with E-state index in [1.165, 1.54) is 12.3 Å². The average molecular weight is 385 g/mol. The standard InChI is InChI=1S/C13H9BrN2O5S/c14-9-6-22(20,21)12-8(5-7-3-1-2-4-15-7)11(17)16(12)10(9)13(18)19/h1-5,12H,6H2,(H,18,19)/b8-5+/t12-/m1/s1. The normalized spacial score (nSPS) is 25.0. The first-order valence-corrected chi connectivity index (χ1v) is 8.63. The zero-order valence-electron chi connectivity index (χ0n) is 10.9. The summed E-state index contributed by atoms with van der Waals surface area (Å²) in [6.45, 7) is 0. The molecule has 0 radical (unpaired) electrons. The molecule has 0 spiro atoms. The summed E-state index contributed by atoms with van der Waals surface area (Å²) >= 11 is 2.94. The molecule has 0 aromatic carbocycles. The highest BCUT2D eigenvalue weighted by atomic mass is 79.9. The second-order valence-electron chi connectivity index (χ2n) is 4.75. The van der Waals surface area contributed by atoms with E-state index in [9.17, 15) is 23.1 Å². The van der Waals surface area contributed by atoms with Crippen molar-refractivity contribution in [2.45, 2.75) is 5.37 Å². The van der Waals surface area contributed by atoms with Gasteiger partial charge in [-0.15, -0.1) is 0 Å². The van der Waals surface area contributed by atoms with Gasteiger partial charge in [0, 0.05) is 10.7 Å². The smallest absolute Gasteiger partial charge is 0.353 e. The van der Waals surface area contributed by atoms with Gasteiger partial charge in [0.2, 0.25) is 0 Å². The van der Waals surface area contributed by atoms with Crippen LogP contribution in [0.25, 0.3) is 6.08 Å². The van der Waals surface area contributed by atoms with E-state index in [0.29, 0.717) is 5.69 Å².